The first-order chi connectivity index (χ1) is 15.8. The fraction of sp³-hybridized carbons (Fsp3) is 0.0476. The summed E-state index contributed by atoms with van der Waals surface area (Å²) < 4.78 is 43.1. The van der Waals surface area contributed by atoms with E-state index in [1.165, 1.54) is 41.3 Å². The zero-order chi connectivity index (χ0) is 23.4. The normalized spacial score (nSPS) is 11.2. The van der Waals surface area contributed by atoms with Crippen molar-refractivity contribution in [3.05, 3.63) is 89.5 Å². The van der Waals surface area contributed by atoms with Crippen LogP contribution in [-0.4, -0.2) is 34.5 Å². The van der Waals surface area contributed by atoms with Crippen LogP contribution in [0.2, 0.25) is 5.02 Å². The van der Waals surface area contributed by atoms with Gasteiger partial charge in [-0.1, -0.05) is 35.9 Å². The maximum absolute atomic E-state index is 14.0. The van der Waals surface area contributed by atoms with Crippen molar-refractivity contribution in [2.45, 2.75) is 11.3 Å². The van der Waals surface area contributed by atoms with Crippen LogP contribution in [0.4, 0.5) is 15.8 Å². The van der Waals surface area contributed by atoms with Gasteiger partial charge in [-0.05, 0) is 58.5 Å². The molecule has 1 amide bonds. The van der Waals surface area contributed by atoms with Crippen LogP contribution in [0.15, 0.2) is 78.0 Å². The number of amides is 1. The second-order valence-electron chi connectivity index (χ2n) is 6.87. The molecule has 4 rings (SSSR count). The van der Waals surface area contributed by atoms with Gasteiger partial charge in [0.25, 0.3) is 10.0 Å². The van der Waals surface area contributed by atoms with Crippen molar-refractivity contribution < 1.29 is 17.6 Å². The van der Waals surface area contributed by atoms with Crippen LogP contribution < -0.4 is 10.0 Å². The Bertz CT molecular complexity index is 1400. The lowest BCUT2D eigenvalue weighted by Gasteiger charge is -2.14. The fourth-order valence-electron chi connectivity index (χ4n) is 3.00. The van der Waals surface area contributed by atoms with Gasteiger partial charge in [-0.2, -0.15) is 0 Å². The number of nitrogens with one attached hydrogen (secondary N) is 2. The molecule has 0 aliphatic heterocycles. The van der Waals surface area contributed by atoms with Gasteiger partial charge in [-0.15, -0.1) is 5.10 Å². The average Bonchev–Trinajstić information content (AvgIpc) is 3.31. The van der Waals surface area contributed by atoms with E-state index in [1.807, 2.05) is 0 Å². The lowest BCUT2D eigenvalue weighted by atomic mass is 10.1. The maximum atomic E-state index is 14.0. The molecular weight excluding hydrogens is 471 g/mol. The Labute approximate surface area is 193 Å². The standard InChI is InChI=1S/C21H16ClFN6O3S/c22-15-7-10-18(26-33(31,32)20-4-2-1-3-17(20)23)19(12-15)25-21(30)11-14-5-8-16(9-6-14)29-13-24-27-28-29/h1-10,12-13,26H,11H2,(H,25,30). The summed E-state index contributed by atoms with van der Waals surface area (Å²) in [5.41, 5.74) is 1.62. The van der Waals surface area contributed by atoms with Gasteiger partial charge in [-0.3, -0.25) is 9.52 Å². The van der Waals surface area contributed by atoms with Gasteiger partial charge < -0.3 is 5.32 Å². The van der Waals surface area contributed by atoms with E-state index in [0.29, 0.717) is 5.56 Å². The number of aromatic nitrogens is 4. The number of rotatable bonds is 7. The zero-order valence-corrected chi connectivity index (χ0v) is 18.4. The molecule has 0 unspecified atom stereocenters. The lowest BCUT2D eigenvalue weighted by molar-refractivity contribution is -0.115. The molecule has 1 aromatic heterocycles. The zero-order valence-electron chi connectivity index (χ0n) is 16.8. The van der Waals surface area contributed by atoms with Crippen LogP contribution in [0.5, 0.6) is 0 Å². The topological polar surface area (TPSA) is 119 Å². The third-order valence-electron chi connectivity index (χ3n) is 4.54. The van der Waals surface area contributed by atoms with Crippen molar-refractivity contribution in [1.82, 2.24) is 20.2 Å². The van der Waals surface area contributed by atoms with E-state index in [2.05, 4.69) is 25.6 Å². The molecule has 0 saturated heterocycles. The molecule has 0 saturated carbocycles. The first-order valence-electron chi connectivity index (χ1n) is 9.51. The van der Waals surface area contributed by atoms with E-state index in [1.54, 1.807) is 24.3 Å². The lowest BCUT2D eigenvalue weighted by Crippen LogP contribution is -2.19. The number of hydrogen-bond donors (Lipinski definition) is 2. The largest absolute Gasteiger partial charge is 0.324 e. The van der Waals surface area contributed by atoms with Crippen molar-refractivity contribution in [1.29, 1.82) is 0 Å². The Kier molecular flexibility index (Phi) is 6.33. The Morgan fingerprint density at radius 2 is 1.79 bits per heavy atom. The highest BCUT2D eigenvalue weighted by molar-refractivity contribution is 7.92. The van der Waals surface area contributed by atoms with Crippen molar-refractivity contribution in [3.8, 4) is 5.69 Å². The van der Waals surface area contributed by atoms with Gasteiger partial charge in [0.15, 0.2) is 0 Å². The average molecular weight is 487 g/mol. The number of carbonyl (C=O) groups excluding carboxylic acids is 1. The minimum absolute atomic E-state index is 0.0158. The first-order valence-corrected chi connectivity index (χ1v) is 11.4. The molecule has 0 spiro atoms. The van der Waals surface area contributed by atoms with Crippen LogP contribution in [0.25, 0.3) is 5.69 Å². The summed E-state index contributed by atoms with van der Waals surface area (Å²) in [6.45, 7) is 0. The summed E-state index contributed by atoms with van der Waals surface area (Å²) in [7, 11) is -4.24. The van der Waals surface area contributed by atoms with Gasteiger partial charge in [0.05, 0.1) is 23.5 Å². The van der Waals surface area contributed by atoms with Crippen LogP contribution in [0.3, 0.4) is 0 Å². The fourth-order valence-corrected chi connectivity index (χ4v) is 4.33. The monoisotopic (exact) mass is 486 g/mol. The van der Waals surface area contributed by atoms with Gasteiger partial charge in [0, 0.05) is 5.02 Å². The summed E-state index contributed by atoms with van der Waals surface area (Å²) >= 11 is 6.03. The molecule has 1 heterocycles. The van der Waals surface area contributed by atoms with Crippen LogP contribution in [0.1, 0.15) is 5.56 Å². The van der Waals surface area contributed by atoms with E-state index in [-0.39, 0.29) is 22.8 Å². The number of benzene rings is 3. The minimum atomic E-state index is -4.24. The summed E-state index contributed by atoms with van der Waals surface area (Å²) in [5.74, 6) is -1.30. The number of halogens is 2. The first kappa shape index (κ1) is 22.4. The van der Waals surface area contributed by atoms with Gasteiger partial charge in [0.1, 0.15) is 17.0 Å². The molecule has 3 aromatic carbocycles. The van der Waals surface area contributed by atoms with Crippen molar-refractivity contribution in [3.63, 3.8) is 0 Å². The van der Waals surface area contributed by atoms with E-state index < -0.39 is 26.6 Å². The summed E-state index contributed by atoms with van der Waals surface area (Å²) in [4.78, 5) is 12.1. The van der Waals surface area contributed by atoms with Crippen molar-refractivity contribution in [2.24, 2.45) is 0 Å². The number of sulfonamides is 1. The highest BCUT2D eigenvalue weighted by atomic mass is 35.5. The quantitative estimate of drug-likeness (QED) is 0.413. The highest BCUT2D eigenvalue weighted by Gasteiger charge is 2.20. The minimum Gasteiger partial charge on any atom is -0.324 e. The third kappa shape index (κ3) is 5.33. The molecule has 9 nitrogen and oxygen atoms in total. The van der Waals surface area contributed by atoms with E-state index >= 15 is 0 Å². The summed E-state index contributed by atoms with van der Waals surface area (Å²) in [6.07, 6.45) is 1.46. The molecule has 0 fully saturated rings. The molecular formula is C21H16ClFN6O3S. The number of tetrazole rings is 1. The Hall–Kier alpha value is -3.83. The van der Waals surface area contributed by atoms with Crippen LogP contribution in [0, 0.1) is 5.82 Å². The van der Waals surface area contributed by atoms with Crippen LogP contribution >= 0.6 is 11.6 Å². The maximum Gasteiger partial charge on any atom is 0.264 e. The molecule has 0 aliphatic rings. The van der Waals surface area contributed by atoms with Gasteiger partial charge in [0.2, 0.25) is 5.91 Å². The Balaban J connectivity index is 1.51. The van der Waals surface area contributed by atoms with E-state index in [9.17, 15) is 17.6 Å². The highest BCUT2D eigenvalue weighted by Crippen LogP contribution is 2.29. The molecule has 33 heavy (non-hydrogen) atoms. The Morgan fingerprint density at radius 3 is 2.48 bits per heavy atom. The second-order valence-corrected chi connectivity index (χ2v) is 8.96. The number of nitrogens with zero attached hydrogens (tertiary/aromatic N) is 4. The van der Waals surface area contributed by atoms with Crippen LogP contribution in [-0.2, 0) is 21.2 Å². The number of carbonyl (C=O) groups is 1. The SMILES string of the molecule is O=C(Cc1ccc(-n2cnnn2)cc1)Nc1cc(Cl)ccc1NS(=O)(=O)c1ccccc1F. The van der Waals surface area contributed by atoms with Gasteiger partial charge in [-0.25, -0.2) is 17.5 Å². The molecule has 0 atom stereocenters. The summed E-state index contributed by atoms with van der Waals surface area (Å²) in [6, 6.07) is 16.2. The number of hydrogen-bond acceptors (Lipinski definition) is 6. The van der Waals surface area contributed by atoms with Gasteiger partial charge >= 0.3 is 0 Å². The van der Waals surface area contributed by atoms with Crippen molar-refractivity contribution >= 4 is 38.9 Å². The summed E-state index contributed by atoms with van der Waals surface area (Å²) in [5, 5.41) is 13.9. The molecule has 0 radical (unpaired) electrons. The van der Waals surface area contributed by atoms with E-state index in [0.717, 1.165) is 17.8 Å². The molecule has 168 valence electrons. The molecule has 2 N–H and O–H groups in total. The van der Waals surface area contributed by atoms with E-state index in [4.69, 9.17) is 11.6 Å². The molecule has 12 heteroatoms. The smallest absolute Gasteiger partial charge is 0.264 e. The van der Waals surface area contributed by atoms with Crippen molar-refractivity contribution in [2.75, 3.05) is 10.0 Å². The predicted octanol–water partition coefficient (Wildman–Crippen LogP) is 3.44. The molecule has 0 bridgehead atoms. The molecule has 4 aromatic rings. The third-order valence-corrected chi connectivity index (χ3v) is 6.17. The second kappa shape index (κ2) is 9.35. The number of anilines is 2. The predicted molar refractivity (Wildman–Crippen MR) is 120 cm³/mol. The Morgan fingerprint density at radius 1 is 1.03 bits per heavy atom. The molecule has 0 aliphatic carbocycles.